The number of likely N-dealkylation sites (tertiary alicyclic amines) is 1. The lowest BCUT2D eigenvalue weighted by atomic mass is 10.1. The van der Waals surface area contributed by atoms with Crippen LogP contribution in [0.2, 0.25) is 0 Å². The van der Waals surface area contributed by atoms with Crippen LogP contribution in [0.15, 0.2) is 4.99 Å². The quantitative estimate of drug-likeness (QED) is 0.0809. The molecule has 11 N–H and O–H groups in total. The number of nitrogens with two attached hydrogens (primary N) is 4. The fourth-order valence-electron chi connectivity index (χ4n) is 3.47. The summed E-state index contributed by atoms with van der Waals surface area (Å²) < 4.78 is 0. The molecule has 1 heterocycles. The molecule has 0 aromatic rings. The Balaban J connectivity index is 2.72. The van der Waals surface area contributed by atoms with Crippen molar-refractivity contribution in [2.45, 2.75) is 63.1 Å². The number of guanidine groups is 1. The van der Waals surface area contributed by atoms with Crippen molar-refractivity contribution in [1.29, 1.82) is 0 Å². The van der Waals surface area contributed by atoms with E-state index < -0.39 is 42.5 Å². The number of nitrogens with one attached hydrogen (secondary N) is 2. The molecule has 1 aliphatic rings. The summed E-state index contributed by atoms with van der Waals surface area (Å²) in [5.41, 5.74) is 22.0. The summed E-state index contributed by atoms with van der Waals surface area (Å²) in [6.07, 6.45) is 3.50. The zero-order valence-corrected chi connectivity index (χ0v) is 18.3. The van der Waals surface area contributed by atoms with E-state index in [9.17, 15) is 19.2 Å². The van der Waals surface area contributed by atoms with Crippen molar-refractivity contribution >= 4 is 29.7 Å². The minimum absolute atomic E-state index is 0.0328. The maximum absolute atomic E-state index is 12.9. The van der Waals surface area contributed by atoms with Gasteiger partial charge in [0.1, 0.15) is 18.6 Å². The Kier molecular flexibility index (Phi) is 12.0. The van der Waals surface area contributed by atoms with Crippen LogP contribution in [0.5, 0.6) is 0 Å². The number of carboxylic acid groups (broad SMARTS) is 1. The molecule has 0 saturated carbocycles. The summed E-state index contributed by atoms with van der Waals surface area (Å²) in [7, 11) is 0. The molecule has 182 valence electrons. The number of hydrogen-bond acceptors (Lipinski definition) is 7. The van der Waals surface area contributed by atoms with Crippen molar-refractivity contribution in [3.8, 4) is 0 Å². The molecule has 3 amide bonds. The summed E-state index contributed by atoms with van der Waals surface area (Å²) in [5, 5.41) is 13.7. The van der Waals surface area contributed by atoms with Gasteiger partial charge in [0.25, 0.3) is 0 Å². The topological polar surface area (TPSA) is 232 Å². The predicted molar refractivity (Wildman–Crippen MR) is 118 cm³/mol. The Labute approximate surface area is 187 Å². The number of carbonyl (C=O) groups excluding carboxylic acids is 3. The van der Waals surface area contributed by atoms with Crippen molar-refractivity contribution in [1.82, 2.24) is 15.5 Å². The van der Waals surface area contributed by atoms with E-state index in [1.807, 2.05) is 0 Å². The van der Waals surface area contributed by atoms with Gasteiger partial charge in [-0.1, -0.05) is 0 Å². The molecule has 1 fully saturated rings. The van der Waals surface area contributed by atoms with Gasteiger partial charge in [-0.3, -0.25) is 24.2 Å². The number of unbranched alkanes of at least 4 members (excludes halogenated alkanes) is 1. The lowest BCUT2D eigenvalue weighted by molar-refractivity contribution is -0.141. The van der Waals surface area contributed by atoms with Gasteiger partial charge in [-0.2, -0.15) is 0 Å². The highest BCUT2D eigenvalue weighted by molar-refractivity contribution is 5.94. The second-order valence-electron chi connectivity index (χ2n) is 7.70. The van der Waals surface area contributed by atoms with Crippen LogP contribution in [0, 0.1) is 0 Å². The highest BCUT2D eigenvalue weighted by Crippen LogP contribution is 2.19. The summed E-state index contributed by atoms with van der Waals surface area (Å²) in [6.45, 7) is 0.624. The van der Waals surface area contributed by atoms with E-state index in [0.717, 1.165) is 0 Å². The van der Waals surface area contributed by atoms with Crippen LogP contribution in [-0.2, 0) is 19.2 Å². The molecule has 32 heavy (non-hydrogen) atoms. The van der Waals surface area contributed by atoms with Crippen LogP contribution < -0.4 is 33.6 Å². The molecule has 0 radical (unpaired) electrons. The van der Waals surface area contributed by atoms with Gasteiger partial charge in [-0.25, -0.2) is 0 Å². The molecule has 1 saturated heterocycles. The lowest BCUT2D eigenvalue weighted by Crippen LogP contribution is -2.55. The highest BCUT2D eigenvalue weighted by atomic mass is 16.4. The Morgan fingerprint density at radius 1 is 1.12 bits per heavy atom. The number of nitrogens with zero attached hydrogens (tertiary/aromatic N) is 2. The molecule has 0 aromatic carbocycles. The van der Waals surface area contributed by atoms with Crippen molar-refractivity contribution in [2.75, 3.05) is 26.2 Å². The van der Waals surface area contributed by atoms with Gasteiger partial charge >= 0.3 is 5.97 Å². The van der Waals surface area contributed by atoms with Gasteiger partial charge < -0.3 is 43.6 Å². The predicted octanol–water partition coefficient (Wildman–Crippen LogP) is -2.83. The van der Waals surface area contributed by atoms with Crippen LogP contribution in [0.4, 0.5) is 0 Å². The monoisotopic (exact) mass is 456 g/mol. The Morgan fingerprint density at radius 2 is 1.84 bits per heavy atom. The van der Waals surface area contributed by atoms with Gasteiger partial charge in [0, 0.05) is 13.1 Å². The number of aliphatic carboxylic acids is 1. The molecule has 0 aromatic heterocycles. The van der Waals surface area contributed by atoms with Crippen LogP contribution in [0.1, 0.15) is 44.9 Å². The molecule has 13 nitrogen and oxygen atoms in total. The fraction of sp³-hybridized carbons (Fsp3) is 0.737. The van der Waals surface area contributed by atoms with E-state index in [-0.39, 0.29) is 11.9 Å². The molecule has 0 bridgehead atoms. The SMILES string of the molecule is NCCCCC(NC(=O)C1CCCN1C(=O)C(N)CCCN=C(N)N)C(=O)NCC(=O)O. The summed E-state index contributed by atoms with van der Waals surface area (Å²) >= 11 is 0. The average molecular weight is 457 g/mol. The Hall–Kier alpha value is -2.93. The highest BCUT2D eigenvalue weighted by Gasteiger charge is 2.37. The molecule has 3 atom stereocenters. The zero-order chi connectivity index (χ0) is 24.1. The number of rotatable bonds is 14. The maximum Gasteiger partial charge on any atom is 0.322 e. The van der Waals surface area contributed by atoms with E-state index in [0.29, 0.717) is 64.6 Å². The van der Waals surface area contributed by atoms with Gasteiger partial charge in [0.2, 0.25) is 17.7 Å². The van der Waals surface area contributed by atoms with Gasteiger partial charge in [-0.05, 0) is 51.5 Å². The second kappa shape index (κ2) is 14.2. The summed E-state index contributed by atoms with van der Waals surface area (Å²) in [5.74, 6) is -2.62. The number of carboxylic acids is 1. The third kappa shape index (κ3) is 9.47. The smallest absolute Gasteiger partial charge is 0.322 e. The molecular weight excluding hydrogens is 420 g/mol. The number of aliphatic imine (C=N–C) groups is 1. The van der Waals surface area contributed by atoms with Crippen molar-refractivity contribution in [2.24, 2.45) is 27.9 Å². The van der Waals surface area contributed by atoms with E-state index in [4.69, 9.17) is 28.0 Å². The lowest BCUT2D eigenvalue weighted by Gasteiger charge is -2.28. The third-order valence-electron chi connectivity index (χ3n) is 5.12. The fourth-order valence-corrected chi connectivity index (χ4v) is 3.47. The van der Waals surface area contributed by atoms with Gasteiger partial charge in [0.05, 0.1) is 6.04 Å². The molecular formula is C19H36N8O5. The number of amides is 3. The van der Waals surface area contributed by atoms with E-state index in [1.54, 1.807) is 0 Å². The molecule has 3 unspecified atom stereocenters. The van der Waals surface area contributed by atoms with E-state index >= 15 is 0 Å². The second-order valence-corrected chi connectivity index (χ2v) is 7.70. The minimum Gasteiger partial charge on any atom is -0.480 e. The Bertz CT molecular complexity index is 683. The first kappa shape index (κ1) is 27.1. The largest absolute Gasteiger partial charge is 0.480 e. The Morgan fingerprint density at radius 3 is 2.47 bits per heavy atom. The van der Waals surface area contributed by atoms with Gasteiger partial charge in [-0.15, -0.1) is 0 Å². The van der Waals surface area contributed by atoms with Crippen LogP contribution >= 0.6 is 0 Å². The summed E-state index contributed by atoms with van der Waals surface area (Å²) in [4.78, 5) is 54.0. The molecule has 13 heteroatoms. The zero-order valence-electron chi connectivity index (χ0n) is 18.3. The molecule has 0 aliphatic carbocycles. The average Bonchev–Trinajstić information content (AvgIpc) is 3.23. The number of hydrogen-bond donors (Lipinski definition) is 7. The van der Waals surface area contributed by atoms with E-state index in [2.05, 4.69) is 15.6 Å². The first-order valence-electron chi connectivity index (χ1n) is 10.8. The maximum atomic E-state index is 12.9. The van der Waals surface area contributed by atoms with Crippen molar-refractivity contribution < 1.29 is 24.3 Å². The molecule has 1 aliphatic heterocycles. The molecule has 1 rings (SSSR count). The van der Waals surface area contributed by atoms with Crippen molar-refractivity contribution in [3.05, 3.63) is 0 Å². The number of carbonyl (C=O) groups is 4. The minimum atomic E-state index is -1.19. The van der Waals surface area contributed by atoms with Crippen LogP contribution in [0.25, 0.3) is 0 Å². The third-order valence-corrected chi connectivity index (χ3v) is 5.12. The van der Waals surface area contributed by atoms with Crippen LogP contribution in [0.3, 0.4) is 0 Å². The van der Waals surface area contributed by atoms with E-state index in [1.165, 1.54) is 4.90 Å². The van der Waals surface area contributed by atoms with Crippen LogP contribution in [-0.4, -0.2) is 84.0 Å². The summed E-state index contributed by atoms with van der Waals surface area (Å²) in [6, 6.07) is -2.45. The first-order valence-corrected chi connectivity index (χ1v) is 10.8. The van der Waals surface area contributed by atoms with Crippen molar-refractivity contribution in [3.63, 3.8) is 0 Å². The van der Waals surface area contributed by atoms with Gasteiger partial charge in [0.15, 0.2) is 5.96 Å². The first-order chi connectivity index (χ1) is 15.2. The normalized spacial score (nSPS) is 17.3. The standard InChI is InChI=1S/C19H36N8O5/c20-8-2-1-6-13(16(30)25-11-15(28)29)26-17(31)14-7-4-10-27(14)18(32)12(21)5-3-9-24-19(22)23/h12-14H,1-11,20-21H2,(H,25,30)(H,26,31)(H,28,29)(H4,22,23,24). The molecule has 0 spiro atoms.